The Balaban J connectivity index is 2.30. The summed E-state index contributed by atoms with van der Waals surface area (Å²) >= 11 is 8.38. The number of thiophene rings is 1. The average Bonchev–Trinajstić information content (AvgIpc) is 2.85. The van der Waals surface area contributed by atoms with Crippen molar-refractivity contribution in [2.24, 2.45) is 5.73 Å². The number of ether oxygens (including phenoxy) is 1. The molecule has 6 heteroatoms. The summed E-state index contributed by atoms with van der Waals surface area (Å²) in [6.45, 7) is 2.00. The molecular formula is C14H14Br2FNOS. The molecule has 1 aromatic heterocycles. The van der Waals surface area contributed by atoms with Crippen LogP contribution in [0.3, 0.4) is 0 Å². The summed E-state index contributed by atoms with van der Waals surface area (Å²) in [6, 6.07) is 8.15. The Morgan fingerprint density at radius 1 is 1.30 bits per heavy atom. The van der Waals surface area contributed by atoms with Crippen LogP contribution in [0.15, 0.2) is 38.6 Å². The van der Waals surface area contributed by atoms with Crippen molar-refractivity contribution in [1.82, 2.24) is 0 Å². The Bertz CT molecular complexity index is 590. The lowest BCUT2D eigenvalue weighted by Gasteiger charge is -2.24. The Morgan fingerprint density at radius 3 is 2.65 bits per heavy atom. The van der Waals surface area contributed by atoms with E-state index in [1.54, 1.807) is 17.4 Å². The molecular weight excluding hydrogens is 409 g/mol. The molecule has 0 saturated heterocycles. The maximum absolute atomic E-state index is 13.4. The van der Waals surface area contributed by atoms with E-state index in [-0.39, 0.29) is 18.0 Å². The van der Waals surface area contributed by atoms with Gasteiger partial charge in [-0.1, -0.05) is 6.92 Å². The van der Waals surface area contributed by atoms with Gasteiger partial charge in [-0.15, -0.1) is 11.3 Å². The van der Waals surface area contributed by atoms with Crippen molar-refractivity contribution in [2.75, 3.05) is 0 Å². The van der Waals surface area contributed by atoms with Gasteiger partial charge in [-0.25, -0.2) is 4.39 Å². The minimum Gasteiger partial charge on any atom is -0.482 e. The normalized spacial score (nSPS) is 14.1. The maximum atomic E-state index is 13.4. The molecule has 2 rings (SSSR count). The first-order valence-electron chi connectivity index (χ1n) is 6.13. The number of halogens is 3. The molecule has 0 aliphatic carbocycles. The number of benzene rings is 1. The molecule has 0 spiro atoms. The van der Waals surface area contributed by atoms with Gasteiger partial charge in [0.1, 0.15) is 17.7 Å². The molecule has 20 heavy (non-hydrogen) atoms. The summed E-state index contributed by atoms with van der Waals surface area (Å²) in [6.07, 6.45) is 0.474. The molecule has 108 valence electrons. The molecule has 2 aromatic rings. The van der Waals surface area contributed by atoms with Crippen LogP contribution in [0.25, 0.3) is 0 Å². The SMILES string of the molecule is CCC(N)C(Oc1cc(F)ccc1Br)c1ccc(Br)s1. The zero-order chi connectivity index (χ0) is 14.7. The van der Waals surface area contributed by atoms with E-state index in [0.717, 1.165) is 15.1 Å². The highest BCUT2D eigenvalue weighted by Crippen LogP contribution is 2.35. The topological polar surface area (TPSA) is 35.2 Å². The number of hydrogen-bond donors (Lipinski definition) is 1. The number of hydrogen-bond acceptors (Lipinski definition) is 3. The predicted octanol–water partition coefficient (Wildman–Crippen LogP) is 5.27. The second kappa shape index (κ2) is 7.02. The van der Waals surface area contributed by atoms with Crippen LogP contribution in [0, 0.1) is 5.82 Å². The summed E-state index contributed by atoms with van der Waals surface area (Å²) in [5, 5.41) is 0. The van der Waals surface area contributed by atoms with Crippen LogP contribution in [-0.4, -0.2) is 6.04 Å². The summed E-state index contributed by atoms with van der Waals surface area (Å²) in [7, 11) is 0. The van der Waals surface area contributed by atoms with Gasteiger partial charge in [0.15, 0.2) is 0 Å². The van der Waals surface area contributed by atoms with Gasteiger partial charge in [0.2, 0.25) is 0 Å². The maximum Gasteiger partial charge on any atom is 0.148 e. The van der Waals surface area contributed by atoms with Crippen LogP contribution in [0.1, 0.15) is 24.3 Å². The highest BCUT2D eigenvalue weighted by molar-refractivity contribution is 9.11. The molecule has 0 fully saturated rings. The monoisotopic (exact) mass is 421 g/mol. The second-order valence-corrected chi connectivity index (χ2v) is 7.68. The van der Waals surface area contributed by atoms with Gasteiger partial charge in [-0.3, -0.25) is 0 Å². The van der Waals surface area contributed by atoms with Crippen LogP contribution in [-0.2, 0) is 0 Å². The predicted molar refractivity (Wildman–Crippen MR) is 87.8 cm³/mol. The fourth-order valence-electron chi connectivity index (χ4n) is 1.76. The Kier molecular flexibility index (Phi) is 5.60. The molecule has 2 N–H and O–H groups in total. The second-order valence-electron chi connectivity index (χ2n) is 4.33. The zero-order valence-electron chi connectivity index (χ0n) is 10.8. The summed E-state index contributed by atoms with van der Waals surface area (Å²) < 4.78 is 21.0. The van der Waals surface area contributed by atoms with E-state index in [2.05, 4.69) is 31.9 Å². The highest BCUT2D eigenvalue weighted by atomic mass is 79.9. The fourth-order valence-corrected chi connectivity index (χ4v) is 3.63. The molecule has 2 atom stereocenters. The highest BCUT2D eigenvalue weighted by Gasteiger charge is 2.23. The van der Waals surface area contributed by atoms with Crippen molar-refractivity contribution in [1.29, 1.82) is 0 Å². The summed E-state index contributed by atoms with van der Waals surface area (Å²) in [5.74, 6) is 0.128. The van der Waals surface area contributed by atoms with Crippen LogP contribution < -0.4 is 10.5 Å². The molecule has 1 heterocycles. The van der Waals surface area contributed by atoms with E-state index in [1.165, 1.54) is 12.1 Å². The van der Waals surface area contributed by atoms with Crippen molar-refractivity contribution in [3.8, 4) is 5.75 Å². The van der Waals surface area contributed by atoms with E-state index in [1.807, 2.05) is 19.1 Å². The minimum atomic E-state index is -0.334. The fraction of sp³-hybridized carbons (Fsp3) is 0.286. The van der Waals surface area contributed by atoms with Gasteiger partial charge in [0, 0.05) is 17.0 Å². The molecule has 0 radical (unpaired) electrons. The molecule has 2 unspecified atom stereocenters. The van der Waals surface area contributed by atoms with Crippen LogP contribution >= 0.6 is 43.2 Å². The lowest BCUT2D eigenvalue weighted by Crippen LogP contribution is -2.31. The Morgan fingerprint density at radius 2 is 2.05 bits per heavy atom. The first-order chi connectivity index (χ1) is 9.51. The van der Waals surface area contributed by atoms with Crippen molar-refractivity contribution >= 4 is 43.2 Å². The first-order valence-corrected chi connectivity index (χ1v) is 8.54. The largest absolute Gasteiger partial charge is 0.482 e. The van der Waals surface area contributed by atoms with E-state index in [9.17, 15) is 4.39 Å². The average molecular weight is 423 g/mol. The molecule has 0 aliphatic rings. The van der Waals surface area contributed by atoms with Gasteiger partial charge in [0.05, 0.1) is 8.26 Å². The molecule has 2 nitrogen and oxygen atoms in total. The Hall–Kier alpha value is -0.430. The van der Waals surface area contributed by atoms with Crippen molar-refractivity contribution in [2.45, 2.75) is 25.5 Å². The first kappa shape index (κ1) is 15.9. The molecule has 0 amide bonds. The third-order valence-corrected chi connectivity index (χ3v) is 5.22. The van der Waals surface area contributed by atoms with E-state index in [4.69, 9.17) is 10.5 Å². The lowest BCUT2D eigenvalue weighted by molar-refractivity contribution is 0.173. The third-order valence-electron chi connectivity index (χ3n) is 2.88. The number of rotatable bonds is 5. The van der Waals surface area contributed by atoms with E-state index in [0.29, 0.717) is 10.2 Å². The van der Waals surface area contributed by atoms with Gasteiger partial charge in [-0.2, -0.15) is 0 Å². The Labute approximate surface area is 138 Å². The summed E-state index contributed by atoms with van der Waals surface area (Å²) in [5.41, 5.74) is 6.15. The van der Waals surface area contributed by atoms with Crippen molar-refractivity contribution < 1.29 is 9.13 Å². The molecule has 1 aromatic carbocycles. The van der Waals surface area contributed by atoms with Crippen molar-refractivity contribution in [3.63, 3.8) is 0 Å². The van der Waals surface area contributed by atoms with Crippen LogP contribution in [0.2, 0.25) is 0 Å². The van der Waals surface area contributed by atoms with Gasteiger partial charge < -0.3 is 10.5 Å². The van der Waals surface area contributed by atoms with E-state index < -0.39 is 0 Å². The standard InChI is InChI=1S/C14H14Br2FNOS/c1-2-10(18)14(12-5-6-13(16)20-12)19-11-7-8(17)3-4-9(11)15/h3-7,10,14H,2,18H2,1H3. The van der Waals surface area contributed by atoms with E-state index >= 15 is 0 Å². The molecule has 0 saturated carbocycles. The molecule has 0 bridgehead atoms. The van der Waals surface area contributed by atoms with Crippen LogP contribution in [0.4, 0.5) is 4.39 Å². The smallest absolute Gasteiger partial charge is 0.148 e. The van der Waals surface area contributed by atoms with Gasteiger partial charge in [0.25, 0.3) is 0 Å². The zero-order valence-corrected chi connectivity index (χ0v) is 14.8. The third kappa shape index (κ3) is 3.81. The van der Waals surface area contributed by atoms with Gasteiger partial charge in [-0.05, 0) is 62.5 Å². The quantitative estimate of drug-likeness (QED) is 0.712. The van der Waals surface area contributed by atoms with Crippen LogP contribution in [0.5, 0.6) is 5.75 Å². The summed E-state index contributed by atoms with van der Waals surface area (Å²) in [4.78, 5) is 1.02. The van der Waals surface area contributed by atoms with Crippen molar-refractivity contribution in [3.05, 3.63) is 49.3 Å². The number of nitrogens with two attached hydrogens (primary N) is 1. The van der Waals surface area contributed by atoms with Gasteiger partial charge >= 0.3 is 0 Å². The minimum absolute atomic E-state index is 0.157. The molecule has 0 aliphatic heterocycles. The lowest BCUT2D eigenvalue weighted by atomic mass is 10.1.